The predicted octanol–water partition coefficient (Wildman–Crippen LogP) is 2.87. The number of fused-ring (bicyclic) bond motifs is 1. The van der Waals surface area contributed by atoms with Crippen LogP contribution in [0.15, 0.2) is 57.7 Å². The third-order valence-electron chi connectivity index (χ3n) is 4.46. The highest BCUT2D eigenvalue weighted by Gasteiger charge is 2.20. The zero-order valence-electron chi connectivity index (χ0n) is 16.7. The van der Waals surface area contributed by atoms with Crippen LogP contribution in [0.1, 0.15) is 6.42 Å². The number of ether oxygens (including phenoxy) is 1. The molecule has 1 aromatic heterocycles. The van der Waals surface area contributed by atoms with E-state index in [1.807, 2.05) is 12.3 Å². The first kappa shape index (κ1) is 22.2. The second-order valence-electron chi connectivity index (χ2n) is 6.68. The number of carbonyl (C=O) groups excluding carboxylic acids is 1. The number of aliphatic carboxylic acids is 1. The predicted molar refractivity (Wildman–Crippen MR) is 118 cm³/mol. The van der Waals surface area contributed by atoms with E-state index < -0.39 is 30.0 Å². The van der Waals surface area contributed by atoms with Crippen LogP contribution in [0.25, 0.3) is 22.3 Å². The van der Waals surface area contributed by atoms with Crippen molar-refractivity contribution < 1.29 is 29.0 Å². The van der Waals surface area contributed by atoms with Crippen molar-refractivity contribution in [3.63, 3.8) is 0 Å². The summed E-state index contributed by atoms with van der Waals surface area (Å²) in [5, 5.41) is 21.8. The minimum Gasteiger partial charge on any atom is -0.507 e. The number of rotatable bonds is 9. The van der Waals surface area contributed by atoms with Crippen molar-refractivity contribution in [1.82, 2.24) is 5.32 Å². The van der Waals surface area contributed by atoms with Gasteiger partial charge in [0.2, 0.25) is 0 Å². The van der Waals surface area contributed by atoms with Gasteiger partial charge in [0.25, 0.3) is 5.91 Å². The van der Waals surface area contributed by atoms with Gasteiger partial charge < -0.3 is 24.7 Å². The first-order valence-electron chi connectivity index (χ1n) is 9.39. The summed E-state index contributed by atoms with van der Waals surface area (Å²) in [4.78, 5) is 35.8. The maximum Gasteiger partial charge on any atom is 0.326 e. The molecule has 1 heterocycles. The van der Waals surface area contributed by atoms with Crippen LogP contribution in [0.5, 0.6) is 11.5 Å². The van der Waals surface area contributed by atoms with E-state index in [4.69, 9.17) is 9.15 Å². The number of hydrogen-bond acceptors (Lipinski definition) is 7. The molecule has 0 aliphatic carbocycles. The number of phenolic OH excluding ortho intramolecular Hbond substituents is 1. The van der Waals surface area contributed by atoms with E-state index in [1.54, 1.807) is 24.3 Å². The molecule has 8 nitrogen and oxygen atoms in total. The Labute approximate surface area is 181 Å². The van der Waals surface area contributed by atoms with E-state index >= 15 is 0 Å². The molecule has 0 unspecified atom stereocenters. The molecule has 1 amide bonds. The monoisotopic (exact) mass is 443 g/mol. The Balaban J connectivity index is 1.79. The van der Waals surface area contributed by atoms with Crippen LogP contribution in [-0.4, -0.2) is 46.7 Å². The van der Waals surface area contributed by atoms with Crippen LogP contribution in [0.2, 0.25) is 0 Å². The zero-order valence-corrected chi connectivity index (χ0v) is 17.5. The van der Waals surface area contributed by atoms with Crippen molar-refractivity contribution >= 4 is 34.6 Å². The molecule has 0 fully saturated rings. The van der Waals surface area contributed by atoms with E-state index in [2.05, 4.69) is 5.32 Å². The van der Waals surface area contributed by atoms with Gasteiger partial charge in [-0.15, -0.1) is 0 Å². The van der Waals surface area contributed by atoms with Gasteiger partial charge in [0.05, 0.1) is 0 Å². The van der Waals surface area contributed by atoms with Gasteiger partial charge in [0, 0.05) is 23.8 Å². The maximum atomic E-state index is 12.5. The number of phenols is 1. The molecule has 3 rings (SSSR count). The number of nitrogens with one attached hydrogen (secondary N) is 1. The first-order valence-corrected chi connectivity index (χ1v) is 10.8. The molecule has 0 radical (unpaired) electrons. The van der Waals surface area contributed by atoms with E-state index in [-0.39, 0.29) is 28.9 Å². The lowest BCUT2D eigenvalue weighted by Gasteiger charge is -2.14. The van der Waals surface area contributed by atoms with Crippen LogP contribution in [0.4, 0.5) is 0 Å². The van der Waals surface area contributed by atoms with Crippen molar-refractivity contribution in [3.05, 3.63) is 58.8 Å². The number of amides is 1. The number of hydrogen-bond donors (Lipinski definition) is 3. The molecule has 0 saturated carbocycles. The number of carboxylic acids is 1. The van der Waals surface area contributed by atoms with Crippen molar-refractivity contribution in [3.8, 4) is 22.8 Å². The summed E-state index contributed by atoms with van der Waals surface area (Å²) in [6.07, 6.45) is 2.13. The number of carboxylic acid groups (broad SMARTS) is 1. The molecule has 0 aliphatic heterocycles. The second-order valence-corrected chi connectivity index (χ2v) is 7.67. The molecule has 2 aromatic carbocycles. The number of thioether (sulfide) groups is 1. The highest BCUT2D eigenvalue weighted by atomic mass is 32.2. The summed E-state index contributed by atoms with van der Waals surface area (Å²) in [6, 6.07) is 11.9. The van der Waals surface area contributed by atoms with E-state index in [1.165, 1.54) is 30.0 Å². The average molecular weight is 443 g/mol. The maximum absolute atomic E-state index is 12.5. The highest BCUT2D eigenvalue weighted by Crippen LogP contribution is 2.31. The van der Waals surface area contributed by atoms with Gasteiger partial charge in [-0.05, 0) is 18.4 Å². The Hall–Kier alpha value is -3.46. The molecule has 1 atom stereocenters. The summed E-state index contributed by atoms with van der Waals surface area (Å²) < 4.78 is 11.2. The van der Waals surface area contributed by atoms with Gasteiger partial charge >= 0.3 is 5.97 Å². The SMILES string of the molecule is CSCC[C@H](NC(=O)COc1cc(O)c2c(=O)cc(-c3ccccc3)oc2c1)C(=O)O. The third kappa shape index (κ3) is 5.58. The summed E-state index contributed by atoms with van der Waals surface area (Å²) in [6.45, 7) is -0.462. The highest BCUT2D eigenvalue weighted by molar-refractivity contribution is 7.98. The number of aromatic hydroxyl groups is 1. The summed E-state index contributed by atoms with van der Waals surface area (Å²) >= 11 is 1.48. The Morgan fingerprint density at radius 1 is 1.19 bits per heavy atom. The summed E-state index contributed by atoms with van der Waals surface area (Å²) in [7, 11) is 0. The molecule has 9 heteroatoms. The molecule has 0 saturated heterocycles. The standard InChI is InChI=1S/C22H21NO7S/c1-31-8-7-15(22(27)28)23-20(26)12-29-14-9-16(24)21-17(25)11-18(30-19(21)10-14)13-5-3-2-4-6-13/h2-6,9-11,15,24H,7-8,12H2,1H3,(H,23,26)(H,27,28)/t15-/m0/s1. The minimum atomic E-state index is -1.12. The Morgan fingerprint density at radius 2 is 1.94 bits per heavy atom. The molecule has 3 aromatic rings. The van der Waals surface area contributed by atoms with Crippen LogP contribution in [0, 0.1) is 0 Å². The largest absolute Gasteiger partial charge is 0.507 e. The van der Waals surface area contributed by atoms with Crippen LogP contribution in [0.3, 0.4) is 0 Å². The topological polar surface area (TPSA) is 126 Å². The van der Waals surface area contributed by atoms with E-state index in [9.17, 15) is 24.6 Å². The van der Waals surface area contributed by atoms with Crippen LogP contribution < -0.4 is 15.5 Å². The van der Waals surface area contributed by atoms with Gasteiger partial charge in [-0.2, -0.15) is 11.8 Å². The van der Waals surface area contributed by atoms with Crippen molar-refractivity contribution in [2.75, 3.05) is 18.6 Å². The van der Waals surface area contributed by atoms with Crippen LogP contribution >= 0.6 is 11.8 Å². The molecule has 0 bridgehead atoms. The van der Waals surface area contributed by atoms with Crippen LogP contribution in [-0.2, 0) is 9.59 Å². The Kier molecular flexibility index (Phi) is 7.19. The second kappa shape index (κ2) is 10.0. The summed E-state index contributed by atoms with van der Waals surface area (Å²) in [5.41, 5.74) is 0.377. The number of carbonyl (C=O) groups is 2. The molecule has 0 spiro atoms. The lowest BCUT2D eigenvalue weighted by molar-refractivity contribution is -0.142. The van der Waals surface area contributed by atoms with E-state index in [0.717, 1.165) is 0 Å². The first-order chi connectivity index (χ1) is 14.9. The molecule has 31 heavy (non-hydrogen) atoms. The Bertz CT molecular complexity index is 1140. The Morgan fingerprint density at radius 3 is 2.61 bits per heavy atom. The van der Waals surface area contributed by atoms with Crippen molar-refractivity contribution in [2.24, 2.45) is 0 Å². The van der Waals surface area contributed by atoms with E-state index in [0.29, 0.717) is 17.1 Å². The fraction of sp³-hybridized carbons (Fsp3) is 0.227. The normalized spacial score (nSPS) is 11.8. The zero-order chi connectivity index (χ0) is 22.4. The van der Waals surface area contributed by atoms with Gasteiger partial charge in [0.15, 0.2) is 12.0 Å². The number of benzene rings is 2. The minimum absolute atomic E-state index is 0.000473. The third-order valence-corrected chi connectivity index (χ3v) is 5.10. The van der Waals surface area contributed by atoms with Gasteiger partial charge in [0.1, 0.15) is 34.3 Å². The van der Waals surface area contributed by atoms with Gasteiger partial charge in [-0.3, -0.25) is 9.59 Å². The molecule has 162 valence electrons. The van der Waals surface area contributed by atoms with Gasteiger partial charge in [-0.1, -0.05) is 30.3 Å². The average Bonchev–Trinajstić information content (AvgIpc) is 2.75. The van der Waals surface area contributed by atoms with Crippen molar-refractivity contribution in [1.29, 1.82) is 0 Å². The lowest BCUT2D eigenvalue weighted by atomic mass is 10.1. The molecular weight excluding hydrogens is 422 g/mol. The van der Waals surface area contributed by atoms with Crippen molar-refractivity contribution in [2.45, 2.75) is 12.5 Å². The molecule has 3 N–H and O–H groups in total. The lowest BCUT2D eigenvalue weighted by Crippen LogP contribution is -2.43. The van der Waals surface area contributed by atoms with Gasteiger partial charge in [-0.25, -0.2) is 4.79 Å². The smallest absolute Gasteiger partial charge is 0.326 e. The molecule has 0 aliphatic rings. The fourth-order valence-electron chi connectivity index (χ4n) is 2.95. The fourth-order valence-corrected chi connectivity index (χ4v) is 3.42. The quantitative estimate of drug-likeness (QED) is 0.461. The summed E-state index contributed by atoms with van der Waals surface area (Å²) in [5.74, 6) is -1.08. The molecular formula is C22H21NO7S.